The molecule has 0 heterocycles. The second-order valence-corrected chi connectivity index (χ2v) is 6.02. The van der Waals surface area contributed by atoms with Gasteiger partial charge < -0.3 is 15.2 Å². The highest BCUT2D eigenvalue weighted by molar-refractivity contribution is 8.13. The molecule has 2 aromatic carbocycles. The fourth-order valence-corrected chi connectivity index (χ4v) is 2.67. The molecule has 0 spiro atoms. The number of nitrogens with zero attached hydrogens (tertiary/aromatic N) is 2. The first-order chi connectivity index (χ1) is 12.2. The molecule has 0 radical (unpaired) electrons. The van der Waals surface area contributed by atoms with Crippen LogP contribution in [0.4, 0.5) is 0 Å². The molecular weight excluding hydrogens is 334 g/mol. The van der Waals surface area contributed by atoms with Gasteiger partial charge in [0.05, 0.1) is 19.4 Å². The van der Waals surface area contributed by atoms with Crippen LogP contribution >= 0.6 is 11.8 Å². The van der Waals surface area contributed by atoms with Crippen molar-refractivity contribution in [2.45, 2.75) is 19.6 Å². The van der Waals surface area contributed by atoms with Gasteiger partial charge in [0.1, 0.15) is 0 Å². The number of hydrogen-bond acceptors (Lipinski definition) is 5. The van der Waals surface area contributed by atoms with Crippen LogP contribution in [0.2, 0.25) is 0 Å². The number of benzene rings is 2. The first-order valence-corrected chi connectivity index (χ1v) is 9.14. The zero-order chi connectivity index (χ0) is 17.9. The molecule has 0 saturated carbocycles. The van der Waals surface area contributed by atoms with Crippen molar-refractivity contribution in [1.82, 2.24) is 0 Å². The van der Waals surface area contributed by atoms with Gasteiger partial charge in [0.2, 0.25) is 0 Å². The lowest BCUT2D eigenvalue weighted by molar-refractivity contribution is 0.288. The van der Waals surface area contributed by atoms with E-state index in [9.17, 15) is 0 Å². The molecule has 0 amide bonds. The molecule has 0 atom stereocenters. The second kappa shape index (κ2) is 10.4. The van der Waals surface area contributed by atoms with E-state index in [1.165, 1.54) is 17.3 Å². The van der Waals surface area contributed by atoms with E-state index < -0.39 is 0 Å². The summed E-state index contributed by atoms with van der Waals surface area (Å²) in [7, 11) is 0. The minimum absolute atomic E-state index is 0.427. The Morgan fingerprint density at radius 3 is 2.48 bits per heavy atom. The number of ether oxygens (including phenoxy) is 2. The molecule has 2 rings (SSSR count). The van der Waals surface area contributed by atoms with E-state index in [0.29, 0.717) is 24.1 Å². The minimum Gasteiger partial charge on any atom is -0.490 e. The molecule has 25 heavy (non-hydrogen) atoms. The number of rotatable bonds is 8. The Labute approximate surface area is 152 Å². The van der Waals surface area contributed by atoms with Crippen molar-refractivity contribution in [2.75, 3.05) is 13.2 Å². The van der Waals surface area contributed by atoms with E-state index in [4.69, 9.17) is 15.2 Å². The molecular formula is C19H23N3O2S. The summed E-state index contributed by atoms with van der Waals surface area (Å²) >= 11 is 1.45. The van der Waals surface area contributed by atoms with E-state index in [1.54, 1.807) is 6.21 Å². The van der Waals surface area contributed by atoms with Crippen LogP contribution < -0.4 is 15.2 Å². The van der Waals surface area contributed by atoms with Crippen LogP contribution in [0.15, 0.2) is 58.7 Å². The Balaban J connectivity index is 1.96. The van der Waals surface area contributed by atoms with Gasteiger partial charge in [-0.15, -0.1) is 5.10 Å². The van der Waals surface area contributed by atoms with Gasteiger partial charge in [-0.3, -0.25) is 0 Å². The van der Waals surface area contributed by atoms with Crippen molar-refractivity contribution in [3.63, 3.8) is 0 Å². The van der Waals surface area contributed by atoms with Crippen LogP contribution in [-0.4, -0.2) is 24.6 Å². The molecule has 5 nitrogen and oxygen atoms in total. The Bertz CT molecular complexity index is 718. The third-order valence-corrected chi connectivity index (χ3v) is 4.02. The average Bonchev–Trinajstić information content (AvgIpc) is 2.63. The molecule has 132 valence electrons. The third kappa shape index (κ3) is 6.51. The number of hydrogen-bond donors (Lipinski definition) is 1. The third-order valence-electron chi connectivity index (χ3n) is 3.16. The van der Waals surface area contributed by atoms with Crippen molar-refractivity contribution in [3.05, 3.63) is 59.7 Å². The zero-order valence-electron chi connectivity index (χ0n) is 14.5. The van der Waals surface area contributed by atoms with Crippen LogP contribution in [0.1, 0.15) is 25.0 Å². The van der Waals surface area contributed by atoms with Crippen LogP contribution in [0.25, 0.3) is 0 Å². The lowest BCUT2D eigenvalue weighted by atomic mass is 10.2. The summed E-state index contributed by atoms with van der Waals surface area (Å²) < 4.78 is 11.1. The highest BCUT2D eigenvalue weighted by atomic mass is 32.2. The van der Waals surface area contributed by atoms with E-state index in [0.717, 1.165) is 17.1 Å². The lowest BCUT2D eigenvalue weighted by Gasteiger charge is -2.10. The molecule has 0 bridgehead atoms. The SMILES string of the molecule is CCOc1ccc(C=NN=C(N)SCc2ccccc2)cc1OCC. The van der Waals surface area contributed by atoms with Crippen molar-refractivity contribution in [2.24, 2.45) is 15.9 Å². The Morgan fingerprint density at radius 1 is 1.04 bits per heavy atom. The number of thioether (sulfide) groups is 1. The van der Waals surface area contributed by atoms with Crippen molar-refractivity contribution in [1.29, 1.82) is 0 Å². The summed E-state index contributed by atoms with van der Waals surface area (Å²) in [5.74, 6) is 2.19. The smallest absolute Gasteiger partial charge is 0.180 e. The van der Waals surface area contributed by atoms with Crippen molar-refractivity contribution >= 4 is 23.1 Å². The summed E-state index contributed by atoms with van der Waals surface area (Å²) in [6.45, 7) is 5.04. The summed E-state index contributed by atoms with van der Waals surface area (Å²) in [6.07, 6.45) is 1.65. The van der Waals surface area contributed by atoms with Gasteiger partial charge in [-0.1, -0.05) is 42.1 Å². The molecule has 2 aromatic rings. The van der Waals surface area contributed by atoms with Crippen molar-refractivity contribution in [3.8, 4) is 11.5 Å². The predicted octanol–water partition coefficient (Wildman–Crippen LogP) is 4.07. The van der Waals surface area contributed by atoms with Crippen LogP contribution in [0, 0.1) is 0 Å². The predicted molar refractivity (Wildman–Crippen MR) is 106 cm³/mol. The highest BCUT2D eigenvalue weighted by Gasteiger charge is 2.05. The van der Waals surface area contributed by atoms with Crippen LogP contribution in [0.5, 0.6) is 11.5 Å². The second-order valence-electron chi connectivity index (χ2n) is 5.03. The first kappa shape index (κ1) is 18.9. The molecule has 0 aromatic heterocycles. The fraction of sp³-hybridized carbons (Fsp3) is 0.263. The molecule has 0 aliphatic carbocycles. The number of nitrogens with two attached hydrogens (primary N) is 1. The average molecular weight is 357 g/mol. The molecule has 0 saturated heterocycles. The van der Waals surface area contributed by atoms with Crippen LogP contribution in [-0.2, 0) is 5.75 Å². The molecule has 0 fully saturated rings. The molecule has 0 unspecified atom stereocenters. The maximum absolute atomic E-state index is 5.88. The summed E-state index contributed by atoms with van der Waals surface area (Å²) in [5.41, 5.74) is 7.95. The molecule has 2 N–H and O–H groups in total. The van der Waals surface area contributed by atoms with Gasteiger partial charge in [-0.2, -0.15) is 5.10 Å². The van der Waals surface area contributed by atoms with Crippen LogP contribution in [0.3, 0.4) is 0 Å². The van der Waals surface area contributed by atoms with E-state index in [2.05, 4.69) is 22.3 Å². The normalized spacial score (nSPS) is 11.7. The largest absolute Gasteiger partial charge is 0.490 e. The summed E-state index contributed by atoms with van der Waals surface area (Å²) in [5, 5.41) is 8.50. The van der Waals surface area contributed by atoms with E-state index in [-0.39, 0.29) is 0 Å². The first-order valence-electron chi connectivity index (χ1n) is 8.15. The Hall–Kier alpha value is -2.47. The van der Waals surface area contributed by atoms with Crippen molar-refractivity contribution < 1.29 is 9.47 Å². The van der Waals surface area contributed by atoms with E-state index in [1.807, 2.05) is 50.2 Å². The Morgan fingerprint density at radius 2 is 1.76 bits per heavy atom. The van der Waals surface area contributed by atoms with Gasteiger partial charge in [0.15, 0.2) is 16.7 Å². The van der Waals surface area contributed by atoms with Gasteiger partial charge in [0, 0.05) is 5.75 Å². The highest BCUT2D eigenvalue weighted by Crippen LogP contribution is 2.28. The van der Waals surface area contributed by atoms with Gasteiger partial charge >= 0.3 is 0 Å². The molecule has 0 aliphatic rings. The van der Waals surface area contributed by atoms with Gasteiger partial charge in [0.25, 0.3) is 0 Å². The quantitative estimate of drug-likeness (QED) is 0.439. The monoisotopic (exact) mass is 357 g/mol. The van der Waals surface area contributed by atoms with Gasteiger partial charge in [-0.05, 0) is 43.2 Å². The summed E-state index contributed by atoms with van der Waals surface area (Å²) in [4.78, 5) is 0. The topological polar surface area (TPSA) is 69.2 Å². The maximum Gasteiger partial charge on any atom is 0.180 e. The fourth-order valence-electron chi connectivity index (χ4n) is 2.06. The summed E-state index contributed by atoms with van der Waals surface area (Å²) in [6, 6.07) is 15.8. The minimum atomic E-state index is 0.427. The number of amidine groups is 1. The Kier molecular flexibility index (Phi) is 7.85. The lowest BCUT2D eigenvalue weighted by Crippen LogP contribution is -2.06. The van der Waals surface area contributed by atoms with Gasteiger partial charge in [-0.25, -0.2) is 0 Å². The van der Waals surface area contributed by atoms with E-state index >= 15 is 0 Å². The molecule has 0 aliphatic heterocycles. The zero-order valence-corrected chi connectivity index (χ0v) is 15.3. The maximum atomic E-state index is 5.88. The molecule has 6 heteroatoms. The standard InChI is InChI=1S/C19H23N3O2S/c1-3-23-17-11-10-16(12-18(17)24-4-2)13-21-22-19(20)25-14-15-8-6-5-7-9-15/h5-13H,3-4,14H2,1-2H3,(H2,20,22).